The number of fused-ring (bicyclic) bond motifs is 1. The first-order valence-corrected chi connectivity index (χ1v) is 7.94. The number of nitrogens with one attached hydrogen (secondary N) is 1. The Hall–Kier alpha value is -2.25. The molecule has 1 amide bonds. The minimum atomic E-state index is -0.182. The molecule has 0 saturated carbocycles. The Balaban J connectivity index is 1.38. The lowest BCUT2D eigenvalue weighted by Gasteiger charge is -2.14. The summed E-state index contributed by atoms with van der Waals surface area (Å²) in [5.74, 6) is -0.182. The van der Waals surface area contributed by atoms with Gasteiger partial charge >= 0.3 is 0 Å². The highest BCUT2D eigenvalue weighted by molar-refractivity contribution is 5.91. The molecule has 0 aliphatic carbocycles. The van der Waals surface area contributed by atoms with E-state index in [0.717, 1.165) is 26.1 Å². The highest BCUT2D eigenvalue weighted by atomic mass is 16.2. The maximum absolute atomic E-state index is 12.0. The van der Waals surface area contributed by atoms with Crippen molar-refractivity contribution >= 4 is 5.91 Å². The van der Waals surface area contributed by atoms with Crippen LogP contribution in [0.3, 0.4) is 0 Å². The molecule has 0 atom stereocenters. The summed E-state index contributed by atoms with van der Waals surface area (Å²) >= 11 is 0. The number of benzene rings is 1. The molecule has 3 rings (SSSR count). The molecule has 0 fully saturated rings. The lowest BCUT2D eigenvalue weighted by Crippen LogP contribution is -2.28. The quantitative estimate of drug-likeness (QED) is 0.721. The average Bonchev–Trinajstić information content (AvgIpc) is 3.18. The van der Waals surface area contributed by atoms with Crippen molar-refractivity contribution in [3.63, 3.8) is 0 Å². The standard InChI is InChI=1S/C16H22N6O/c17-6-9-22-12-15(19-20-22)16(23)18-7-3-8-21-10-13-4-1-2-5-14(13)11-21/h1-2,4-5,12H,3,6-11,17H2,(H,18,23). The summed E-state index contributed by atoms with van der Waals surface area (Å²) in [6.45, 7) is 4.64. The zero-order chi connectivity index (χ0) is 16.1. The average molecular weight is 314 g/mol. The maximum atomic E-state index is 12.0. The molecule has 2 heterocycles. The lowest BCUT2D eigenvalue weighted by atomic mass is 10.1. The van der Waals surface area contributed by atoms with Crippen LogP contribution < -0.4 is 11.1 Å². The minimum Gasteiger partial charge on any atom is -0.351 e. The summed E-state index contributed by atoms with van der Waals surface area (Å²) in [5.41, 5.74) is 8.60. The van der Waals surface area contributed by atoms with Gasteiger partial charge in [-0.15, -0.1) is 5.10 Å². The van der Waals surface area contributed by atoms with Crippen LogP contribution in [0.4, 0.5) is 0 Å². The summed E-state index contributed by atoms with van der Waals surface area (Å²) in [7, 11) is 0. The Bertz CT molecular complexity index is 643. The molecule has 1 aromatic carbocycles. The van der Waals surface area contributed by atoms with E-state index in [9.17, 15) is 4.79 Å². The SMILES string of the molecule is NCCn1cc(C(=O)NCCCN2Cc3ccccc3C2)nn1. The molecule has 3 N–H and O–H groups in total. The number of nitrogens with two attached hydrogens (primary N) is 1. The highest BCUT2D eigenvalue weighted by Crippen LogP contribution is 2.21. The molecule has 122 valence electrons. The van der Waals surface area contributed by atoms with Crippen LogP contribution in [-0.4, -0.2) is 45.4 Å². The van der Waals surface area contributed by atoms with Gasteiger partial charge in [-0.25, -0.2) is 0 Å². The van der Waals surface area contributed by atoms with E-state index in [2.05, 4.69) is 44.8 Å². The van der Waals surface area contributed by atoms with Crippen molar-refractivity contribution in [1.82, 2.24) is 25.2 Å². The third-order valence-electron chi connectivity index (χ3n) is 3.97. The van der Waals surface area contributed by atoms with Gasteiger partial charge in [0.05, 0.1) is 12.7 Å². The van der Waals surface area contributed by atoms with E-state index in [1.165, 1.54) is 11.1 Å². The molecule has 1 aliphatic rings. The molecule has 0 bridgehead atoms. The Morgan fingerprint density at radius 3 is 2.65 bits per heavy atom. The molecule has 0 saturated heterocycles. The molecule has 23 heavy (non-hydrogen) atoms. The fourth-order valence-corrected chi connectivity index (χ4v) is 2.80. The number of carbonyl (C=O) groups is 1. The Morgan fingerprint density at radius 1 is 1.22 bits per heavy atom. The van der Waals surface area contributed by atoms with Gasteiger partial charge in [0.25, 0.3) is 5.91 Å². The number of aromatic nitrogens is 3. The number of hydrogen-bond donors (Lipinski definition) is 2. The Kier molecular flexibility index (Phi) is 4.99. The van der Waals surface area contributed by atoms with Gasteiger partial charge in [-0.2, -0.15) is 0 Å². The van der Waals surface area contributed by atoms with E-state index >= 15 is 0 Å². The van der Waals surface area contributed by atoms with Crippen molar-refractivity contribution in [1.29, 1.82) is 0 Å². The van der Waals surface area contributed by atoms with Crippen LogP contribution in [0.2, 0.25) is 0 Å². The molecule has 1 aromatic heterocycles. The van der Waals surface area contributed by atoms with Crippen LogP contribution in [0, 0.1) is 0 Å². The number of carbonyl (C=O) groups excluding carboxylic acids is 1. The number of rotatable bonds is 7. The van der Waals surface area contributed by atoms with E-state index < -0.39 is 0 Å². The van der Waals surface area contributed by atoms with Crippen molar-refractivity contribution < 1.29 is 4.79 Å². The third kappa shape index (κ3) is 3.94. The summed E-state index contributed by atoms with van der Waals surface area (Å²) in [6.07, 6.45) is 2.54. The summed E-state index contributed by atoms with van der Waals surface area (Å²) in [5, 5.41) is 10.6. The van der Waals surface area contributed by atoms with Crippen molar-refractivity contribution in [2.24, 2.45) is 5.73 Å². The molecule has 2 aromatic rings. The van der Waals surface area contributed by atoms with Crippen LogP contribution in [-0.2, 0) is 19.6 Å². The summed E-state index contributed by atoms with van der Waals surface area (Å²) < 4.78 is 1.58. The second-order valence-electron chi connectivity index (χ2n) is 5.74. The summed E-state index contributed by atoms with van der Waals surface area (Å²) in [4.78, 5) is 14.4. The van der Waals surface area contributed by atoms with Gasteiger partial charge in [-0.1, -0.05) is 29.5 Å². The topological polar surface area (TPSA) is 89.1 Å². The zero-order valence-electron chi connectivity index (χ0n) is 13.1. The van der Waals surface area contributed by atoms with Gasteiger partial charge in [0.15, 0.2) is 5.69 Å². The monoisotopic (exact) mass is 314 g/mol. The fraction of sp³-hybridized carbons (Fsp3) is 0.438. The summed E-state index contributed by atoms with van der Waals surface area (Å²) in [6, 6.07) is 8.53. The Morgan fingerprint density at radius 2 is 1.96 bits per heavy atom. The zero-order valence-corrected chi connectivity index (χ0v) is 13.1. The van der Waals surface area contributed by atoms with Gasteiger partial charge < -0.3 is 11.1 Å². The first-order chi connectivity index (χ1) is 11.3. The largest absolute Gasteiger partial charge is 0.351 e. The van der Waals surface area contributed by atoms with E-state index in [1.807, 2.05) is 0 Å². The van der Waals surface area contributed by atoms with Crippen LogP contribution in [0.15, 0.2) is 30.5 Å². The smallest absolute Gasteiger partial charge is 0.273 e. The minimum absolute atomic E-state index is 0.182. The van der Waals surface area contributed by atoms with Crippen LogP contribution in [0.1, 0.15) is 28.0 Å². The van der Waals surface area contributed by atoms with Crippen molar-refractivity contribution in [2.45, 2.75) is 26.1 Å². The molecule has 7 heteroatoms. The normalized spacial score (nSPS) is 14.0. The van der Waals surface area contributed by atoms with Crippen LogP contribution >= 0.6 is 0 Å². The van der Waals surface area contributed by atoms with Crippen LogP contribution in [0.5, 0.6) is 0 Å². The molecule has 0 unspecified atom stereocenters. The van der Waals surface area contributed by atoms with E-state index in [-0.39, 0.29) is 5.91 Å². The highest BCUT2D eigenvalue weighted by Gasteiger charge is 2.17. The van der Waals surface area contributed by atoms with Gasteiger partial charge in [0, 0.05) is 32.7 Å². The van der Waals surface area contributed by atoms with E-state index in [4.69, 9.17) is 5.73 Å². The van der Waals surface area contributed by atoms with E-state index in [0.29, 0.717) is 25.3 Å². The number of nitrogens with zero attached hydrogens (tertiary/aromatic N) is 4. The Labute approximate surface area is 135 Å². The fourth-order valence-electron chi connectivity index (χ4n) is 2.80. The van der Waals surface area contributed by atoms with Gasteiger partial charge in [0.1, 0.15) is 0 Å². The molecule has 0 spiro atoms. The second kappa shape index (κ2) is 7.34. The maximum Gasteiger partial charge on any atom is 0.273 e. The van der Waals surface area contributed by atoms with Gasteiger partial charge in [-0.3, -0.25) is 14.4 Å². The van der Waals surface area contributed by atoms with Crippen LogP contribution in [0.25, 0.3) is 0 Å². The molecular formula is C16H22N6O. The van der Waals surface area contributed by atoms with Crippen molar-refractivity contribution in [2.75, 3.05) is 19.6 Å². The molecule has 1 aliphatic heterocycles. The van der Waals surface area contributed by atoms with E-state index in [1.54, 1.807) is 10.9 Å². The second-order valence-corrected chi connectivity index (χ2v) is 5.74. The number of amides is 1. The third-order valence-corrected chi connectivity index (χ3v) is 3.97. The first kappa shape index (κ1) is 15.6. The predicted molar refractivity (Wildman–Crippen MR) is 86.6 cm³/mol. The predicted octanol–water partition coefficient (Wildman–Crippen LogP) is 0.373. The molecule has 7 nitrogen and oxygen atoms in total. The van der Waals surface area contributed by atoms with Gasteiger partial charge in [-0.05, 0) is 17.5 Å². The van der Waals surface area contributed by atoms with Gasteiger partial charge in [0.2, 0.25) is 0 Å². The molecule has 0 radical (unpaired) electrons. The lowest BCUT2D eigenvalue weighted by molar-refractivity contribution is 0.0946. The first-order valence-electron chi connectivity index (χ1n) is 7.94. The number of hydrogen-bond acceptors (Lipinski definition) is 5. The van der Waals surface area contributed by atoms with Crippen molar-refractivity contribution in [3.05, 3.63) is 47.3 Å². The van der Waals surface area contributed by atoms with Crippen molar-refractivity contribution in [3.8, 4) is 0 Å². The molecular weight excluding hydrogens is 292 g/mol.